The van der Waals surface area contributed by atoms with Gasteiger partial charge in [0.25, 0.3) is 5.91 Å². The van der Waals surface area contributed by atoms with E-state index in [1.165, 1.54) is 5.56 Å². The number of sulfonamides is 1. The first kappa shape index (κ1) is 16.7. The summed E-state index contributed by atoms with van der Waals surface area (Å²) in [5.41, 5.74) is 2.40. The molecule has 0 spiro atoms. The number of furan rings is 1. The van der Waals surface area contributed by atoms with E-state index in [0.717, 1.165) is 18.2 Å². The molecule has 0 saturated heterocycles. The largest absolute Gasteiger partial charge is 0.455 e. The van der Waals surface area contributed by atoms with E-state index < -0.39 is 10.0 Å². The molecule has 24 heavy (non-hydrogen) atoms. The smallest absolute Gasteiger partial charge is 0.287 e. The lowest BCUT2D eigenvalue weighted by atomic mass is 10.0. The summed E-state index contributed by atoms with van der Waals surface area (Å²) >= 11 is 0. The SMILES string of the molecule is C[C@H]1Cc2ccccc2[C@@H]1NC(=O)c1ccc(CNS(C)(=O)=O)o1. The second-order valence-corrected chi connectivity index (χ2v) is 8.02. The van der Waals surface area contributed by atoms with Crippen molar-refractivity contribution < 1.29 is 17.6 Å². The van der Waals surface area contributed by atoms with Crippen LogP contribution in [0.3, 0.4) is 0 Å². The zero-order valence-corrected chi connectivity index (χ0v) is 14.4. The Bertz CT molecular complexity index is 857. The van der Waals surface area contributed by atoms with Gasteiger partial charge in [-0.2, -0.15) is 0 Å². The first-order valence-corrected chi connectivity index (χ1v) is 9.64. The molecular formula is C17H20N2O4S. The molecule has 1 amide bonds. The maximum Gasteiger partial charge on any atom is 0.287 e. The average Bonchev–Trinajstić information content (AvgIpc) is 3.10. The molecule has 128 valence electrons. The minimum Gasteiger partial charge on any atom is -0.455 e. The summed E-state index contributed by atoms with van der Waals surface area (Å²) in [6.45, 7) is 2.13. The number of carbonyl (C=O) groups is 1. The van der Waals surface area contributed by atoms with Crippen LogP contribution in [0.2, 0.25) is 0 Å². The van der Waals surface area contributed by atoms with Gasteiger partial charge in [-0.05, 0) is 35.6 Å². The number of amides is 1. The van der Waals surface area contributed by atoms with Crippen LogP contribution in [-0.2, 0) is 23.0 Å². The molecule has 1 aromatic carbocycles. The Morgan fingerprint density at radius 3 is 2.75 bits per heavy atom. The molecule has 0 saturated carbocycles. The molecule has 1 aliphatic rings. The Morgan fingerprint density at radius 2 is 2.00 bits per heavy atom. The zero-order chi connectivity index (χ0) is 17.3. The molecular weight excluding hydrogens is 328 g/mol. The van der Waals surface area contributed by atoms with Gasteiger partial charge >= 0.3 is 0 Å². The fourth-order valence-corrected chi connectivity index (χ4v) is 3.43. The van der Waals surface area contributed by atoms with E-state index in [1.807, 2.05) is 18.2 Å². The monoisotopic (exact) mass is 348 g/mol. The minimum atomic E-state index is -3.30. The van der Waals surface area contributed by atoms with E-state index in [-0.39, 0.29) is 24.3 Å². The molecule has 0 radical (unpaired) electrons. The summed E-state index contributed by atoms with van der Waals surface area (Å²) < 4.78 is 30.0. The van der Waals surface area contributed by atoms with Crippen molar-refractivity contribution in [3.8, 4) is 0 Å². The van der Waals surface area contributed by atoms with E-state index in [1.54, 1.807) is 12.1 Å². The van der Waals surface area contributed by atoms with E-state index in [4.69, 9.17) is 4.42 Å². The second-order valence-electron chi connectivity index (χ2n) is 6.19. The molecule has 0 unspecified atom stereocenters. The van der Waals surface area contributed by atoms with Gasteiger partial charge < -0.3 is 9.73 Å². The van der Waals surface area contributed by atoms with Crippen LogP contribution in [0.4, 0.5) is 0 Å². The molecule has 0 bridgehead atoms. The molecule has 2 N–H and O–H groups in total. The molecule has 0 aliphatic heterocycles. The van der Waals surface area contributed by atoms with Crippen molar-refractivity contribution >= 4 is 15.9 Å². The van der Waals surface area contributed by atoms with E-state index >= 15 is 0 Å². The van der Waals surface area contributed by atoms with Gasteiger partial charge in [-0.3, -0.25) is 4.79 Å². The van der Waals surface area contributed by atoms with Gasteiger partial charge in [-0.25, -0.2) is 13.1 Å². The predicted molar refractivity (Wildman–Crippen MR) is 89.9 cm³/mol. The van der Waals surface area contributed by atoms with Crippen molar-refractivity contribution in [2.75, 3.05) is 6.26 Å². The molecule has 7 heteroatoms. The Labute approximate surface area is 141 Å². The summed E-state index contributed by atoms with van der Waals surface area (Å²) in [6, 6.07) is 11.2. The third-order valence-electron chi connectivity index (χ3n) is 4.18. The minimum absolute atomic E-state index is 0.0226. The Balaban J connectivity index is 1.69. The molecule has 1 aliphatic carbocycles. The van der Waals surface area contributed by atoms with Crippen molar-refractivity contribution in [1.82, 2.24) is 10.0 Å². The first-order valence-electron chi connectivity index (χ1n) is 7.75. The van der Waals surface area contributed by atoms with Gasteiger partial charge in [-0.15, -0.1) is 0 Å². The van der Waals surface area contributed by atoms with Crippen molar-refractivity contribution in [3.05, 3.63) is 59.0 Å². The predicted octanol–water partition coefficient (Wildman–Crippen LogP) is 1.99. The fraction of sp³-hybridized carbons (Fsp3) is 0.353. The molecule has 1 aromatic heterocycles. The maximum atomic E-state index is 12.4. The summed E-state index contributed by atoms with van der Waals surface area (Å²) in [6.07, 6.45) is 2.01. The second kappa shape index (κ2) is 6.41. The van der Waals surface area contributed by atoms with Crippen LogP contribution in [-0.4, -0.2) is 20.6 Å². The normalized spacial score (nSPS) is 19.9. The number of hydrogen-bond donors (Lipinski definition) is 2. The summed E-state index contributed by atoms with van der Waals surface area (Å²) in [5, 5.41) is 3.02. The lowest BCUT2D eigenvalue weighted by Gasteiger charge is -2.18. The topological polar surface area (TPSA) is 88.4 Å². The molecule has 2 atom stereocenters. The van der Waals surface area contributed by atoms with Crippen LogP contribution in [0, 0.1) is 5.92 Å². The number of fused-ring (bicyclic) bond motifs is 1. The third-order valence-corrected chi connectivity index (χ3v) is 4.85. The Hall–Kier alpha value is -2.12. The Kier molecular flexibility index (Phi) is 4.47. The highest BCUT2D eigenvalue weighted by atomic mass is 32.2. The van der Waals surface area contributed by atoms with E-state index in [2.05, 4.69) is 23.0 Å². The standard InChI is InChI=1S/C17H20N2O4S/c1-11-9-12-5-3-4-6-14(12)16(11)19-17(20)15-8-7-13(23-15)10-18-24(2,21)22/h3-8,11,16,18H,9-10H2,1-2H3,(H,19,20)/t11-,16+/m0/s1. The van der Waals surface area contributed by atoms with Crippen LogP contribution in [0.15, 0.2) is 40.8 Å². The van der Waals surface area contributed by atoms with Crippen LogP contribution in [0.5, 0.6) is 0 Å². The zero-order valence-electron chi connectivity index (χ0n) is 13.6. The Morgan fingerprint density at radius 1 is 1.25 bits per heavy atom. The van der Waals surface area contributed by atoms with Crippen molar-refractivity contribution in [1.29, 1.82) is 0 Å². The van der Waals surface area contributed by atoms with Gasteiger partial charge in [0.05, 0.1) is 18.8 Å². The highest BCUT2D eigenvalue weighted by Gasteiger charge is 2.30. The quantitative estimate of drug-likeness (QED) is 0.865. The number of nitrogens with one attached hydrogen (secondary N) is 2. The van der Waals surface area contributed by atoms with Crippen molar-refractivity contribution in [2.45, 2.75) is 25.9 Å². The lowest BCUT2D eigenvalue weighted by Crippen LogP contribution is -2.30. The average molecular weight is 348 g/mol. The first-order chi connectivity index (χ1) is 11.3. The number of hydrogen-bond acceptors (Lipinski definition) is 4. The van der Waals surface area contributed by atoms with Crippen molar-refractivity contribution in [2.24, 2.45) is 5.92 Å². The fourth-order valence-electron chi connectivity index (χ4n) is 3.02. The number of rotatable bonds is 5. The van der Waals surface area contributed by atoms with E-state index in [0.29, 0.717) is 11.7 Å². The highest BCUT2D eigenvalue weighted by Crippen LogP contribution is 2.35. The van der Waals surface area contributed by atoms with Crippen LogP contribution < -0.4 is 10.0 Å². The number of benzene rings is 1. The lowest BCUT2D eigenvalue weighted by molar-refractivity contribution is 0.0897. The summed E-state index contributed by atoms with van der Waals surface area (Å²) in [7, 11) is -3.30. The molecule has 0 fully saturated rings. The van der Waals surface area contributed by atoms with E-state index in [9.17, 15) is 13.2 Å². The molecule has 3 rings (SSSR count). The highest BCUT2D eigenvalue weighted by molar-refractivity contribution is 7.88. The van der Waals surface area contributed by atoms with Crippen LogP contribution in [0.1, 0.15) is 40.4 Å². The number of carbonyl (C=O) groups excluding carboxylic acids is 1. The van der Waals surface area contributed by atoms with Gasteiger partial charge in [0.15, 0.2) is 5.76 Å². The van der Waals surface area contributed by atoms with Crippen LogP contribution in [0.25, 0.3) is 0 Å². The maximum absolute atomic E-state index is 12.4. The molecule has 1 heterocycles. The summed E-state index contributed by atoms with van der Waals surface area (Å²) in [5.74, 6) is 0.587. The molecule has 2 aromatic rings. The van der Waals surface area contributed by atoms with Gasteiger partial charge in [0.2, 0.25) is 10.0 Å². The third kappa shape index (κ3) is 3.68. The van der Waals surface area contributed by atoms with Gasteiger partial charge in [0.1, 0.15) is 5.76 Å². The van der Waals surface area contributed by atoms with Gasteiger partial charge in [0, 0.05) is 0 Å². The molecule has 6 nitrogen and oxygen atoms in total. The van der Waals surface area contributed by atoms with Gasteiger partial charge in [-0.1, -0.05) is 31.2 Å². The van der Waals surface area contributed by atoms with Crippen molar-refractivity contribution in [3.63, 3.8) is 0 Å². The summed E-state index contributed by atoms with van der Waals surface area (Å²) in [4.78, 5) is 12.4. The van der Waals surface area contributed by atoms with Crippen LogP contribution >= 0.6 is 0 Å².